The van der Waals surface area contributed by atoms with Crippen molar-refractivity contribution in [2.24, 2.45) is 5.92 Å². The number of carbonyl (C=O) groups is 1. The van der Waals surface area contributed by atoms with Crippen LogP contribution in [-0.4, -0.2) is 18.9 Å². The van der Waals surface area contributed by atoms with E-state index in [1.165, 1.54) is 11.3 Å². The second kappa shape index (κ2) is 5.08. The van der Waals surface area contributed by atoms with Gasteiger partial charge in [0, 0.05) is 10.4 Å². The number of thiophene rings is 1. The highest BCUT2D eigenvalue weighted by atomic mass is 79.9. The van der Waals surface area contributed by atoms with Gasteiger partial charge in [0.05, 0.1) is 8.66 Å². The number of halogens is 2. The molecule has 1 N–H and O–H groups in total. The van der Waals surface area contributed by atoms with Gasteiger partial charge in [-0.1, -0.05) is 0 Å². The number of carbonyl (C=O) groups excluding carboxylic acids is 1. The highest BCUT2D eigenvalue weighted by molar-refractivity contribution is 9.13. The average molecular weight is 353 g/mol. The molecule has 1 aliphatic rings. The first-order chi connectivity index (χ1) is 7.18. The van der Waals surface area contributed by atoms with E-state index < -0.39 is 0 Å². The molecule has 15 heavy (non-hydrogen) atoms. The van der Waals surface area contributed by atoms with Crippen LogP contribution in [0.25, 0.3) is 0 Å². The summed E-state index contributed by atoms with van der Waals surface area (Å²) in [6, 6.07) is 1.92. The van der Waals surface area contributed by atoms with Crippen LogP contribution >= 0.6 is 43.2 Å². The number of hydrogen-bond donors (Lipinski definition) is 1. The summed E-state index contributed by atoms with van der Waals surface area (Å²) in [7, 11) is 0. The van der Waals surface area contributed by atoms with Crippen molar-refractivity contribution < 1.29 is 4.79 Å². The molecule has 0 spiro atoms. The van der Waals surface area contributed by atoms with Gasteiger partial charge in [-0.05, 0) is 63.9 Å². The minimum Gasteiger partial charge on any atom is -0.317 e. The Hall–Kier alpha value is 0.290. The monoisotopic (exact) mass is 351 g/mol. The molecule has 0 amide bonds. The number of ketones is 1. The summed E-state index contributed by atoms with van der Waals surface area (Å²) in [5.41, 5.74) is 0. The number of piperidine rings is 1. The lowest BCUT2D eigenvalue weighted by Crippen LogP contribution is -2.31. The maximum atomic E-state index is 12.1. The largest absolute Gasteiger partial charge is 0.317 e. The van der Waals surface area contributed by atoms with Crippen LogP contribution < -0.4 is 5.32 Å². The van der Waals surface area contributed by atoms with Crippen LogP contribution in [0.1, 0.15) is 22.5 Å². The molecule has 0 atom stereocenters. The van der Waals surface area contributed by atoms with Crippen molar-refractivity contribution in [2.75, 3.05) is 13.1 Å². The SMILES string of the molecule is O=C(c1cc(Br)c(Br)s1)C1CCNCC1. The Morgan fingerprint density at radius 3 is 2.60 bits per heavy atom. The predicted molar refractivity (Wildman–Crippen MR) is 69.6 cm³/mol. The molecule has 1 aliphatic heterocycles. The van der Waals surface area contributed by atoms with E-state index in [0.29, 0.717) is 5.78 Å². The molecule has 0 unspecified atom stereocenters. The molecule has 2 rings (SSSR count). The van der Waals surface area contributed by atoms with Crippen molar-refractivity contribution in [3.63, 3.8) is 0 Å². The van der Waals surface area contributed by atoms with E-state index in [-0.39, 0.29) is 5.92 Å². The van der Waals surface area contributed by atoms with Crippen LogP contribution in [0.5, 0.6) is 0 Å². The van der Waals surface area contributed by atoms with Crippen LogP contribution in [-0.2, 0) is 0 Å². The van der Waals surface area contributed by atoms with Gasteiger partial charge in [-0.2, -0.15) is 0 Å². The summed E-state index contributed by atoms with van der Waals surface area (Å²) in [5, 5.41) is 3.27. The smallest absolute Gasteiger partial charge is 0.176 e. The molecule has 2 heterocycles. The van der Waals surface area contributed by atoms with Crippen LogP contribution in [0.4, 0.5) is 0 Å². The molecule has 2 nitrogen and oxygen atoms in total. The maximum absolute atomic E-state index is 12.1. The Bertz CT molecular complexity index is 352. The van der Waals surface area contributed by atoms with E-state index in [2.05, 4.69) is 37.2 Å². The maximum Gasteiger partial charge on any atom is 0.176 e. The zero-order chi connectivity index (χ0) is 10.8. The Kier molecular flexibility index (Phi) is 3.98. The van der Waals surface area contributed by atoms with Crippen molar-refractivity contribution in [1.82, 2.24) is 5.32 Å². The normalized spacial score (nSPS) is 18.0. The first kappa shape index (κ1) is 11.8. The van der Waals surface area contributed by atoms with Crippen LogP contribution in [0, 0.1) is 5.92 Å². The predicted octanol–water partition coefficient (Wildman–Crippen LogP) is 3.46. The fourth-order valence-electron chi connectivity index (χ4n) is 1.75. The van der Waals surface area contributed by atoms with Gasteiger partial charge in [-0.3, -0.25) is 4.79 Å². The Morgan fingerprint density at radius 1 is 1.40 bits per heavy atom. The highest BCUT2D eigenvalue weighted by Crippen LogP contribution is 2.34. The summed E-state index contributed by atoms with van der Waals surface area (Å²) in [4.78, 5) is 13.0. The van der Waals surface area contributed by atoms with E-state index in [9.17, 15) is 4.79 Å². The lowest BCUT2D eigenvalue weighted by Gasteiger charge is -2.20. The molecule has 1 saturated heterocycles. The van der Waals surface area contributed by atoms with Gasteiger partial charge in [-0.15, -0.1) is 11.3 Å². The first-order valence-electron chi connectivity index (χ1n) is 4.88. The number of rotatable bonds is 2. The summed E-state index contributed by atoms with van der Waals surface area (Å²) in [6.07, 6.45) is 1.93. The topological polar surface area (TPSA) is 29.1 Å². The van der Waals surface area contributed by atoms with Gasteiger partial charge in [-0.25, -0.2) is 0 Å². The fraction of sp³-hybridized carbons (Fsp3) is 0.500. The van der Waals surface area contributed by atoms with Crippen LogP contribution in [0.2, 0.25) is 0 Å². The van der Waals surface area contributed by atoms with Gasteiger partial charge < -0.3 is 5.32 Å². The summed E-state index contributed by atoms with van der Waals surface area (Å²) >= 11 is 8.34. The molecule has 1 aromatic heterocycles. The first-order valence-corrected chi connectivity index (χ1v) is 7.28. The minimum atomic E-state index is 0.212. The van der Waals surface area contributed by atoms with Crippen LogP contribution in [0.15, 0.2) is 14.3 Å². The van der Waals surface area contributed by atoms with Gasteiger partial charge in [0.15, 0.2) is 5.78 Å². The third-order valence-corrected chi connectivity index (χ3v) is 5.87. The number of Topliss-reactive ketones (excluding diaryl/α,β-unsaturated/α-hetero) is 1. The molecule has 0 bridgehead atoms. The molecule has 0 radical (unpaired) electrons. The van der Waals surface area contributed by atoms with Crippen molar-refractivity contribution in [2.45, 2.75) is 12.8 Å². The number of hydrogen-bond acceptors (Lipinski definition) is 3. The van der Waals surface area contributed by atoms with E-state index in [4.69, 9.17) is 0 Å². The third-order valence-electron chi connectivity index (χ3n) is 2.60. The second-order valence-electron chi connectivity index (χ2n) is 3.62. The summed E-state index contributed by atoms with van der Waals surface area (Å²) in [5.74, 6) is 0.511. The van der Waals surface area contributed by atoms with Gasteiger partial charge in [0.2, 0.25) is 0 Å². The standard InChI is InChI=1S/C10H11Br2NOS/c11-7-5-8(15-10(7)12)9(14)6-1-3-13-4-2-6/h5-6,13H,1-4H2. The van der Waals surface area contributed by atoms with E-state index in [0.717, 1.165) is 39.1 Å². The van der Waals surface area contributed by atoms with E-state index >= 15 is 0 Å². The molecule has 0 saturated carbocycles. The van der Waals surface area contributed by atoms with Crippen molar-refractivity contribution >= 4 is 49.0 Å². The fourth-order valence-corrected chi connectivity index (χ4v) is 3.81. The third kappa shape index (κ3) is 2.70. The van der Waals surface area contributed by atoms with Crippen molar-refractivity contribution in [3.8, 4) is 0 Å². The average Bonchev–Trinajstić information content (AvgIpc) is 2.59. The molecule has 82 valence electrons. The number of nitrogens with one attached hydrogen (secondary N) is 1. The molecule has 1 fully saturated rings. The molecule has 1 aromatic rings. The zero-order valence-corrected chi connectivity index (χ0v) is 12.0. The lowest BCUT2D eigenvalue weighted by atomic mass is 9.93. The lowest BCUT2D eigenvalue weighted by molar-refractivity contribution is 0.0899. The van der Waals surface area contributed by atoms with Crippen molar-refractivity contribution in [1.29, 1.82) is 0 Å². The highest BCUT2D eigenvalue weighted by Gasteiger charge is 2.24. The zero-order valence-electron chi connectivity index (χ0n) is 8.06. The van der Waals surface area contributed by atoms with E-state index in [1.807, 2.05) is 6.07 Å². The second-order valence-corrected chi connectivity index (χ2v) is 6.85. The van der Waals surface area contributed by atoms with Gasteiger partial charge >= 0.3 is 0 Å². The Labute approximate surface area is 110 Å². The molecule has 0 aliphatic carbocycles. The molecular formula is C10H11Br2NOS. The van der Waals surface area contributed by atoms with Gasteiger partial charge in [0.1, 0.15) is 0 Å². The quantitative estimate of drug-likeness (QED) is 0.826. The van der Waals surface area contributed by atoms with E-state index in [1.54, 1.807) is 0 Å². The minimum absolute atomic E-state index is 0.212. The molecule has 5 heteroatoms. The van der Waals surface area contributed by atoms with Gasteiger partial charge in [0.25, 0.3) is 0 Å². The Morgan fingerprint density at radius 2 is 2.07 bits per heavy atom. The summed E-state index contributed by atoms with van der Waals surface area (Å²) < 4.78 is 1.98. The molecular weight excluding hydrogens is 342 g/mol. The Balaban J connectivity index is 2.12. The molecule has 0 aromatic carbocycles. The van der Waals surface area contributed by atoms with Crippen LogP contribution in [0.3, 0.4) is 0 Å². The summed E-state index contributed by atoms with van der Waals surface area (Å²) in [6.45, 7) is 1.92. The van der Waals surface area contributed by atoms with Crippen molar-refractivity contribution in [3.05, 3.63) is 19.2 Å².